The fourth-order valence-electron chi connectivity index (χ4n) is 3.13. The van der Waals surface area contributed by atoms with Crippen LogP contribution in [0.15, 0.2) is 41.0 Å². The van der Waals surface area contributed by atoms with Gasteiger partial charge in [0, 0.05) is 23.3 Å². The van der Waals surface area contributed by atoms with Crippen LogP contribution in [0.25, 0.3) is 5.69 Å². The minimum Gasteiger partial charge on any atom is -0.331 e. The molecular weight excluding hydrogens is 304 g/mol. The highest BCUT2D eigenvalue weighted by Gasteiger charge is 2.53. The topological polar surface area (TPSA) is 25.2 Å². The van der Waals surface area contributed by atoms with Crippen molar-refractivity contribution >= 4 is 21.8 Å². The normalized spacial score (nSPS) is 19.1. The van der Waals surface area contributed by atoms with Crippen molar-refractivity contribution in [1.29, 1.82) is 0 Å². The highest BCUT2D eigenvalue weighted by Crippen LogP contribution is 2.54. The van der Waals surface area contributed by atoms with Crippen LogP contribution in [0.4, 0.5) is 0 Å². The number of fused-ring (bicyclic) bond motifs is 4. The van der Waals surface area contributed by atoms with Gasteiger partial charge in [0.25, 0.3) is 5.91 Å². The zero-order chi connectivity index (χ0) is 13.2. The Morgan fingerprint density at radius 2 is 2.05 bits per heavy atom. The fraction of sp³-hybridized carbons (Fsp3) is 0.267. The molecule has 2 aromatic rings. The number of halogens is 1. The molecule has 4 heteroatoms. The highest BCUT2D eigenvalue weighted by atomic mass is 79.9. The summed E-state index contributed by atoms with van der Waals surface area (Å²) in [6.07, 6.45) is 4.06. The number of amides is 1. The first-order chi connectivity index (χ1) is 9.13. The number of nitrogens with zero attached hydrogens (tertiary/aromatic N) is 2. The minimum absolute atomic E-state index is 0.102. The quantitative estimate of drug-likeness (QED) is 0.732. The second kappa shape index (κ2) is 3.51. The monoisotopic (exact) mass is 316 g/mol. The van der Waals surface area contributed by atoms with Gasteiger partial charge in [0.1, 0.15) is 5.69 Å². The molecule has 4 rings (SSSR count). The van der Waals surface area contributed by atoms with E-state index in [0.717, 1.165) is 28.7 Å². The maximum atomic E-state index is 12.6. The smallest absolute Gasteiger partial charge is 0.271 e. The Balaban J connectivity index is 2.09. The zero-order valence-electron chi connectivity index (χ0n) is 10.6. The number of benzene rings is 1. The third-order valence-electron chi connectivity index (χ3n) is 4.36. The van der Waals surface area contributed by atoms with E-state index in [1.54, 1.807) is 0 Å². The average Bonchev–Trinajstić information content (AvgIpc) is 3.08. The minimum atomic E-state index is -0.102. The van der Waals surface area contributed by atoms with Crippen molar-refractivity contribution in [2.24, 2.45) is 0 Å². The number of carbonyl (C=O) groups excluding carboxylic acids is 1. The molecule has 1 aromatic carbocycles. The highest BCUT2D eigenvalue weighted by molar-refractivity contribution is 9.10. The molecule has 1 spiro atoms. The van der Waals surface area contributed by atoms with E-state index in [2.05, 4.69) is 28.1 Å². The Hall–Kier alpha value is -1.55. The van der Waals surface area contributed by atoms with Gasteiger partial charge >= 0.3 is 0 Å². The Morgan fingerprint density at radius 1 is 1.26 bits per heavy atom. The summed E-state index contributed by atoms with van der Waals surface area (Å²) in [5.41, 5.74) is 3.01. The first-order valence-electron chi connectivity index (χ1n) is 6.39. The molecule has 0 bridgehead atoms. The first-order valence-corrected chi connectivity index (χ1v) is 7.19. The second-order valence-electron chi connectivity index (χ2n) is 5.32. The summed E-state index contributed by atoms with van der Waals surface area (Å²) < 4.78 is 3.07. The Labute approximate surface area is 120 Å². The predicted molar refractivity (Wildman–Crippen MR) is 76.5 cm³/mol. The number of rotatable bonds is 0. The molecule has 1 aliphatic heterocycles. The van der Waals surface area contributed by atoms with E-state index in [4.69, 9.17) is 0 Å². The number of aromatic nitrogens is 1. The molecule has 2 aliphatic rings. The molecule has 1 saturated carbocycles. The van der Waals surface area contributed by atoms with Crippen molar-refractivity contribution < 1.29 is 4.79 Å². The van der Waals surface area contributed by atoms with E-state index in [1.165, 1.54) is 5.56 Å². The fourth-order valence-corrected chi connectivity index (χ4v) is 3.49. The van der Waals surface area contributed by atoms with Crippen LogP contribution in [0.1, 0.15) is 28.9 Å². The summed E-state index contributed by atoms with van der Waals surface area (Å²) in [7, 11) is 1.92. The maximum Gasteiger partial charge on any atom is 0.271 e. The SMILES string of the molecule is CN1C(=O)c2cccn2-c2ccc(Br)cc2C12CC2. The average molecular weight is 317 g/mol. The third kappa shape index (κ3) is 1.35. The summed E-state index contributed by atoms with van der Waals surface area (Å²) >= 11 is 3.55. The molecule has 96 valence electrons. The van der Waals surface area contributed by atoms with Crippen molar-refractivity contribution in [2.75, 3.05) is 7.05 Å². The zero-order valence-corrected chi connectivity index (χ0v) is 12.1. The molecule has 0 N–H and O–H groups in total. The van der Waals surface area contributed by atoms with Crippen LogP contribution in [0.3, 0.4) is 0 Å². The molecule has 0 unspecified atom stereocenters. The van der Waals surface area contributed by atoms with E-state index in [9.17, 15) is 4.79 Å². The van der Waals surface area contributed by atoms with Gasteiger partial charge in [-0.1, -0.05) is 15.9 Å². The lowest BCUT2D eigenvalue weighted by Crippen LogP contribution is -2.36. The summed E-state index contributed by atoms with van der Waals surface area (Å²) in [4.78, 5) is 14.5. The molecule has 19 heavy (non-hydrogen) atoms. The van der Waals surface area contributed by atoms with Crippen LogP contribution in [0.5, 0.6) is 0 Å². The van der Waals surface area contributed by atoms with Gasteiger partial charge in [-0.3, -0.25) is 4.79 Å². The molecule has 2 heterocycles. The largest absolute Gasteiger partial charge is 0.331 e. The molecular formula is C15H13BrN2O. The molecule has 3 nitrogen and oxygen atoms in total. The van der Waals surface area contributed by atoms with Crippen LogP contribution in [0, 0.1) is 0 Å². The van der Waals surface area contributed by atoms with Gasteiger partial charge < -0.3 is 9.47 Å². The summed E-state index contributed by atoms with van der Waals surface area (Å²) in [6.45, 7) is 0. The lowest BCUT2D eigenvalue weighted by atomic mass is 10.0. The van der Waals surface area contributed by atoms with Gasteiger partial charge in [0.2, 0.25) is 0 Å². The third-order valence-corrected chi connectivity index (χ3v) is 4.85. The van der Waals surface area contributed by atoms with Gasteiger partial charge in [-0.15, -0.1) is 0 Å². The molecule has 1 fully saturated rings. The number of hydrogen-bond acceptors (Lipinski definition) is 1. The summed E-state index contributed by atoms with van der Waals surface area (Å²) in [6, 6.07) is 10.1. The van der Waals surface area contributed by atoms with E-state index in [1.807, 2.05) is 40.9 Å². The summed E-state index contributed by atoms with van der Waals surface area (Å²) in [5, 5.41) is 0. The van der Waals surface area contributed by atoms with Gasteiger partial charge in [0.05, 0.1) is 11.2 Å². The predicted octanol–water partition coefficient (Wildman–Crippen LogP) is 3.31. The molecule has 1 amide bonds. The maximum absolute atomic E-state index is 12.6. The Kier molecular flexibility index (Phi) is 2.09. The van der Waals surface area contributed by atoms with E-state index in [0.29, 0.717) is 0 Å². The summed E-state index contributed by atoms with van der Waals surface area (Å²) in [5.74, 6) is 0.106. The van der Waals surface area contributed by atoms with Crippen LogP contribution in [-0.4, -0.2) is 22.4 Å². The van der Waals surface area contributed by atoms with Crippen LogP contribution in [-0.2, 0) is 5.54 Å². The molecule has 0 atom stereocenters. The molecule has 0 saturated heterocycles. The van der Waals surface area contributed by atoms with Gasteiger partial charge in [-0.25, -0.2) is 0 Å². The van der Waals surface area contributed by atoms with E-state index < -0.39 is 0 Å². The molecule has 1 aliphatic carbocycles. The Bertz CT molecular complexity index is 700. The first kappa shape index (κ1) is 11.3. The van der Waals surface area contributed by atoms with Crippen molar-refractivity contribution in [2.45, 2.75) is 18.4 Å². The molecule has 0 radical (unpaired) electrons. The van der Waals surface area contributed by atoms with Gasteiger partial charge in [0.15, 0.2) is 0 Å². The number of hydrogen-bond donors (Lipinski definition) is 0. The van der Waals surface area contributed by atoms with Crippen LogP contribution < -0.4 is 0 Å². The lowest BCUT2D eigenvalue weighted by Gasteiger charge is -2.27. The standard InChI is InChI=1S/C15H13BrN2O/c1-17-14(19)13-3-2-8-18(13)12-5-4-10(16)9-11(12)15(17)6-7-15/h2-5,8-9H,6-7H2,1H3. The Morgan fingerprint density at radius 3 is 2.79 bits per heavy atom. The van der Waals surface area contributed by atoms with Crippen molar-refractivity contribution in [3.8, 4) is 5.69 Å². The van der Waals surface area contributed by atoms with E-state index >= 15 is 0 Å². The van der Waals surface area contributed by atoms with Crippen LogP contribution in [0.2, 0.25) is 0 Å². The van der Waals surface area contributed by atoms with Gasteiger partial charge in [-0.05, 0) is 43.2 Å². The van der Waals surface area contributed by atoms with E-state index in [-0.39, 0.29) is 11.4 Å². The second-order valence-corrected chi connectivity index (χ2v) is 6.24. The van der Waals surface area contributed by atoms with Crippen LogP contribution >= 0.6 is 15.9 Å². The van der Waals surface area contributed by atoms with Crippen molar-refractivity contribution in [1.82, 2.24) is 9.47 Å². The lowest BCUT2D eigenvalue weighted by molar-refractivity contribution is 0.0705. The number of carbonyl (C=O) groups is 1. The van der Waals surface area contributed by atoms with Crippen molar-refractivity contribution in [3.05, 3.63) is 52.3 Å². The van der Waals surface area contributed by atoms with Gasteiger partial charge in [-0.2, -0.15) is 0 Å². The van der Waals surface area contributed by atoms with Crippen molar-refractivity contribution in [3.63, 3.8) is 0 Å². The molecule has 1 aromatic heterocycles.